The molecule has 2 saturated heterocycles. The highest BCUT2D eigenvalue weighted by Gasteiger charge is 2.35. The summed E-state index contributed by atoms with van der Waals surface area (Å²) < 4.78 is 31.1. The fourth-order valence-corrected chi connectivity index (χ4v) is 6.01. The van der Waals surface area contributed by atoms with E-state index in [4.69, 9.17) is 4.74 Å². The van der Waals surface area contributed by atoms with Gasteiger partial charge in [-0.3, -0.25) is 4.90 Å². The first-order chi connectivity index (χ1) is 12.8. The number of hydrogen-bond donors (Lipinski definition) is 0. The molecule has 154 valence electrons. The normalized spacial score (nSPS) is 22.9. The molecule has 6 nitrogen and oxygen atoms in total. The molecule has 3 heterocycles. The van der Waals surface area contributed by atoms with Crippen molar-refractivity contribution in [2.75, 3.05) is 52.7 Å². The summed E-state index contributed by atoms with van der Waals surface area (Å²) >= 11 is 1.86. The highest BCUT2D eigenvalue weighted by molar-refractivity contribution is 7.88. The van der Waals surface area contributed by atoms with E-state index in [0.29, 0.717) is 25.2 Å². The Morgan fingerprint density at radius 3 is 2.52 bits per heavy atom. The van der Waals surface area contributed by atoms with Crippen molar-refractivity contribution in [3.63, 3.8) is 0 Å². The van der Waals surface area contributed by atoms with Crippen LogP contribution in [0.25, 0.3) is 0 Å². The molecule has 8 heteroatoms. The predicted molar refractivity (Wildman–Crippen MR) is 111 cm³/mol. The Bertz CT molecular complexity index is 701. The van der Waals surface area contributed by atoms with Crippen molar-refractivity contribution in [2.24, 2.45) is 0 Å². The van der Waals surface area contributed by atoms with E-state index in [2.05, 4.69) is 35.9 Å². The van der Waals surface area contributed by atoms with Crippen molar-refractivity contribution in [1.29, 1.82) is 0 Å². The summed E-state index contributed by atoms with van der Waals surface area (Å²) in [5.74, 6) is 0. The van der Waals surface area contributed by atoms with E-state index < -0.39 is 10.0 Å². The third-order valence-corrected chi connectivity index (χ3v) is 7.94. The maximum absolute atomic E-state index is 11.9. The molecule has 0 radical (unpaired) electrons. The van der Waals surface area contributed by atoms with Crippen LogP contribution >= 0.6 is 11.3 Å². The quantitative estimate of drug-likeness (QED) is 0.650. The molecule has 1 atom stereocenters. The van der Waals surface area contributed by atoms with Crippen LogP contribution in [0.5, 0.6) is 0 Å². The summed E-state index contributed by atoms with van der Waals surface area (Å²) in [5, 5.41) is 0. The van der Waals surface area contributed by atoms with Crippen LogP contribution in [-0.4, -0.2) is 87.3 Å². The maximum atomic E-state index is 11.9. The van der Waals surface area contributed by atoms with E-state index in [1.807, 2.05) is 11.3 Å². The number of likely N-dealkylation sites (N-methyl/N-ethyl adjacent to an activating group) is 1. The summed E-state index contributed by atoms with van der Waals surface area (Å²) in [6, 6.07) is 5.22. The van der Waals surface area contributed by atoms with Crippen molar-refractivity contribution in [2.45, 2.75) is 44.8 Å². The molecule has 0 amide bonds. The number of rotatable bonds is 8. The van der Waals surface area contributed by atoms with Gasteiger partial charge in [0.1, 0.15) is 0 Å². The Labute approximate surface area is 168 Å². The van der Waals surface area contributed by atoms with Gasteiger partial charge in [0.25, 0.3) is 0 Å². The van der Waals surface area contributed by atoms with Gasteiger partial charge in [-0.1, -0.05) is 0 Å². The van der Waals surface area contributed by atoms with E-state index in [0.717, 1.165) is 52.1 Å². The van der Waals surface area contributed by atoms with Gasteiger partial charge in [-0.05, 0) is 45.4 Å². The Kier molecular flexibility index (Phi) is 7.32. The Balaban J connectivity index is 1.60. The molecule has 0 aromatic carbocycles. The molecule has 2 aliphatic rings. The molecule has 2 aliphatic heterocycles. The van der Waals surface area contributed by atoms with E-state index in [9.17, 15) is 8.42 Å². The van der Waals surface area contributed by atoms with Crippen molar-refractivity contribution in [3.8, 4) is 0 Å². The number of aryl methyl sites for hydroxylation is 1. The average Bonchev–Trinajstić information content (AvgIpc) is 3.25. The van der Waals surface area contributed by atoms with Crippen LogP contribution in [0, 0.1) is 6.92 Å². The van der Waals surface area contributed by atoms with E-state index in [1.165, 1.54) is 16.0 Å². The molecular formula is C19H33N3O3S2. The molecule has 27 heavy (non-hydrogen) atoms. The van der Waals surface area contributed by atoms with Crippen LogP contribution in [0.1, 0.15) is 29.0 Å². The minimum atomic E-state index is -3.10. The minimum Gasteiger partial charge on any atom is -0.381 e. The molecule has 0 spiro atoms. The lowest BCUT2D eigenvalue weighted by Gasteiger charge is -2.39. The number of hydrogen-bond acceptors (Lipinski definition) is 6. The van der Waals surface area contributed by atoms with Crippen molar-refractivity contribution in [1.82, 2.24) is 14.1 Å². The molecule has 1 aromatic heterocycles. The third-order valence-electron chi connectivity index (χ3n) is 5.69. The lowest BCUT2D eigenvalue weighted by Crippen LogP contribution is -2.49. The second kappa shape index (κ2) is 9.33. The van der Waals surface area contributed by atoms with Crippen LogP contribution in [0.15, 0.2) is 12.1 Å². The first-order valence-corrected chi connectivity index (χ1v) is 12.5. The number of nitrogens with zero attached hydrogens (tertiary/aromatic N) is 3. The molecule has 0 N–H and O–H groups in total. The second-order valence-corrected chi connectivity index (χ2v) is 11.2. The Hall–Kier alpha value is -0.510. The minimum absolute atomic E-state index is 0.320. The number of sulfonamides is 1. The van der Waals surface area contributed by atoms with Gasteiger partial charge in [-0.15, -0.1) is 11.3 Å². The molecule has 0 bridgehead atoms. The van der Waals surface area contributed by atoms with Gasteiger partial charge in [0, 0.05) is 67.8 Å². The molecule has 0 aliphatic carbocycles. The summed E-state index contributed by atoms with van der Waals surface area (Å²) in [7, 11) is -0.921. The summed E-state index contributed by atoms with van der Waals surface area (Å²) in [5.41, 5.74) is 0. The summed E-state index contributed by atoms with van der Waals surface area (Å²) in [4.78, 5) is 7.70. The van der Waals surface area contributed by atoms with Gasteiger partial charge in [-0.2, -0.15) is 0 Å². The van der Waals surface area contributed by atoms with Gasteiger partial charge in [-0.25, -0.2) is 12.7 Å². The fraction of sp³-hybridized carbons (Fsp3) is 0.789. The summed E-state index contributed by atoms with van der Waals surface area (Å²) in [6.07, 6.45) is 4.34. The van der Waals surface area contributed by atoms with Crippen molar-refractivity contribution >= 4 is 21.4 Å². The predicted octanol–water partition coefficient (Wildman–Crippen LogP) is 2.00. The number of ether oxygens (including phenoxy) is 1. The van der Waals surface area contributed by atoms with Crippen LogP contribution in [0.2, 0.25) is 0 Å². The smallest absolute Gasteiger partial charge is 0.211 e. The third kappa shape index (κ3) is 5.98. The second-order valence-electron chi connectivity index (χ2n) is 7.90. The van der Waals surface area contributed by atoms with Crippen LogP contribution in [-0.2, 0) is 21.3 Å². The number of thiophene rings is 1. The monoisotopic (exact) mass is 415 g/mol. The Morgan fingerprint density at radius 1 is 1.19 bits per heavy atom. The van der Waals surface area contributed by atoms with E-state index >= 15 is 0 Å². The molecule has 2 fully saturated rings. The van der Waals surface area contributed by atoms with Crippen molar-refractivity contribution < 1.29 is 13.2 Å². The first kappa shape index (κ1) is 21.2. The average molecular weight is 416 g/mol. The van der Waals surface area contributed by atoms with E-state index in [1.54, 1.807) is 4.31 Å². The zero-order valence-electron chi connectivity index (χ0n) is 16.8. The Morgan fingerprint density at radius 2 is 1.93 bits per heavy atom. The lowest BCUT2D eigenvalue weighted by molar-refractivity contribution is 0.0157. The van der Waals surface area contributed by atoms with Gasteiger partial charge < -0.3 is 9.64 Å². The van der Waals surface area contributed by atoms with Crippen LogP contribution in [0.4, 0.5) is 0 Å². The highest BCUT2D eigenvalue weighted by atomic mass is 32.2. The van der Waals surface area contributed by atoms with Crippen LogP contribution < -0.4 is 0 Å². The zero-order chi connectivity index (χ0) is 19.4. The molecule has 3 rings (SSSR count). The fourth-order valence-electron chi connectivity index (χ4n) is 4.16. The van der Waals surface area contributed by atoms with Gasteiger partial charge in [0.05, 0.1) is 6.26 Å². The van der Waals surface area contributed by atoms with Gasteiger partial charge >= 0.3 is 0 Å². The molecule has 1 aromatic rings. The largest absolute Gasteiger partial charge is 0.381 e. The maximum Gasteiger partial charge on any atom is 0.211 e. The molecular weight excluding hydrogens is 382 g/mol. The standard InChI is InChI=1S/C19H33N3O3S2/c1-16-4-5-19(26-16)15-20(2)10-11-22(17-7-12-25-13-8-17)18-6-9-21(14-18)27(3,23)24/h4-5,17-18H,6-15H2,1-3H3. The molecule has 1 unspecified atom stereocenters. The lowest BCUT2D eigenvalue weighted by atomic mass is 10.0. The molecule has 0 saturated carbocycles. The topological polar surface area (TPSA) is 53.1 Å². The van der Waals surface area contributed by atoms with Crippen LogP contribution in [0.3, 0.4) is 0 Å². The zero-order valence-corrected chi connectivity index (χ0v) is 18.4. The highest BCUT2D eigenvalue weighted by Crippen LogP contribution is 2.24. The van der Waals surface area contributed by atoms with Crippen molar-refractivity contribution in [3.05, 3.63) is 21.9 Å². The van der Waals surface area contributed by atoms with Gasteiger partial charge in [0.15, 0.2) is 0 Å². The van der Waals surface area contributed by atoms with Gasteiger partial charge in [0.2, 0.25) is 10.0 Å². The van der Waals surface area contributed by atoms with E-state index in [-0.39, 0.29) is 0 Å². The first-order valence-electron chi connectivity index (χ1n) is 9.85. The SMILES string of the molecule is Cc1ccc(CN(C)CCN(C2CCOCC2)C2CCN(S(C)(=O)=O)C2)s1. The summed E-state index contributed by atoms with van der Waals surface area (Å²) in [6.45, 7) is 7.99.